The molecule has 0 unspecified atom stereocenters. The summed E-state index contributed by atoms with van der Waals surface area (Å²) in [4.78, 5) is 13.7. The average Bonchev–Trinajstić information content (AvgIpc) is 3.30. The number of imidazole rings is 1. The maximum atomic E-state index is 4.96. The van der Waals surface area contributed by atoms with Crippen LogP contribution in [0.3, 0.4) is 0 Å². The van der Waals surface area contributed by atoms with Crippen LogP contribution in [0.2, 0.25) is 0 Å². The first-order valence-electron chi connectivity index (χ1n) is 12.6. The van der Waals surface area contributed by atoms with Crippen molar-refractivity contribution in [3.05, 3.63) is 79.1 Å². The Labute approximate surface area is 204 Å². The molecule has 2 aromatic rings. The zero-order valence-corrected chi connectivity index (χ0v) is 20.8. The smallest absolute Gasteiger partial charge is 0.180 e. The number of fused-ring (bicyclic) bond motifs is 1. The highest BCUT2D eigenvalue weighted by Crippen LogP contribution is 2.28. The summed E-state index contributed by atoms with van der Waals surface area (Å²) >= 11 is 0. The van der Waals surface area contributed by atoms with Gasteiger partial charge in [0.05, 0.1) is 5.69 Å². The maximum absolute atomic E-state index is 4.96. The topological polar surface area (TPSA) is 54.6 Å². The molecule has 0 spiro atoms. The molecule has 2 heterocycles. The van der Waals surface area contributed by atoms with E-state index in [1.54, 1.807) is 6.21 Å². The van der Waals surface area contributed by atoms with E-state index in [2.05, 4.69) is 28.5 Å². The van der Waals surface area contributed by atoms with Crippen LogP contribution in [0.5, 0.6) is 0 Å². The number of hydrogen-bond donors (Lipinski definition) is 1. The van der Waals surface area contributed by atoms with Crippen molar-refractivity contribution >= 4 is 23.3 Å². The van der Waals surface area contributed by atoms with E-state index in [-0.39, 0.29) is 0 Å². The molecule has 1 aliphatic carbocycles. The Morgan fingerprint density at radius 1 is 1.15 bits per heavy atom. The Kier molecular flexibility index (Phi) is 10.1. The number of aromatic nitrogens is 3. The quantitative estimate of drug-likeness (QED) is 0.296. The van der Waals surface area contributed by atoms with Crippen LogP contribution in [0.1, 0.15) is 70.9 Å². The summed E-state index contributed by atoms with van der Waals surface area (Å²) in [6.45, 7) is 13.0. The second-order valence-corrected chi connectivity index (χ2v) is 8.87. The highest BCUT2D eigenvalue weighted by molar-refractivity contribution is 5.93. The SMILES string of the molecule is C=CN=CC(/C=C\C)=C(/C=C\C)C(=C)c1cn2ccnc2c(NCCC2CCCCCCC2)n1. The van der Waals surface area contributed by atoms with Gasteiger partial charge in [0.2, 0.25) is 0 Å². The van der Waals surface area contributed by atoms with Gasteiger partial charge in [0.25, 0.3) is 0 Å². The van der Waals surface area contributed by atoms with Crippen molar-refractivity contribution in [3.63, 3.8) is 0 Å². The molecule has 3 rings (SSSR count). The number of rotatable bonds is 10. The highest BCUT2D eigenvalue weighted by atomic mass is 15.1. The second kappa shape index (κ2) is 13.5. The Morgan fingerprint density at radius 3 is 2.59 bits per heavy atom. The Bertz CT molecular complexity index is 1080. The van der Waals surface area contributed by atoms with Gasteiger partial charge in [-0.1, -0.05) is 82.4 Å². The fourth-order valence-electron chi connectivity index (χ4n) is 4.61. The summed E-state index contributed by atoms with van der Waals surface area (Å²) in [5.74, 6) is 1.61. The summed E-state index contributed by atoms with van der Waals surface area (Å²) in [5.41, 5.74) is 4.41. The first-order chi connectivity index (χ1) is 16.7. The van der Waals surface area contributed by atoms with Crippen molar-refractivity contribution in [2.75, 3.05) is 11.9 Å². The van der Waals surface area contributed by atoms with E-state index in [1.165, 1.54) is 57.6 Å². The van der Waals surface area contributed by atoms with Gasteiger partial charge in [0.1, 0.15) is 0 Å². The molecule has 0 atom stereocenters. The van der Waals surface area contributed by atoms with E-state index in [0.29, 0.717) is 0 Å². The molecule has 1 aliphatic rings. The maximum Gasteiger partial charge on any atom is 0.180 e. The molecule has 2 aromatic heterocycles. The van der Waals surface area contributed by atoms with Gasteiger partial charge < -0.3 is 9.72 Å². The van der Waals surface area contributed by atoms with Crippen LogP contribution in [-0.4, -0.2) is 27.1 Å². The van der Waals surface area contributed by atoms with Gasteiger partial charge in [-0.15, -0.1) is 0 Å². The van der Waals surface area contributed by atoms with Crippen molar-refractivity contribution in [1.29, 1.82) is 0 Å². The van der Waals surface area contributed by atoms with Crippen molar-refractivity contribution in [3.8, 4) is 0 Å². The highest BCUT2D eigenvalue weighted by Gasteiger charge is 2.15. The van der Waals surface area contributed by atoms with Crippen molar-refractivity contribution in [1.82, 2.24) is 14.4 Å². The summed E-state index contributed by atoms with van der Waals surface area (Å²) in [6.07, 6.45) is 28.0. The molecule has 1 saturated carbocycles. The first kappa shape index (κ1) is 25.4. The summed E-state index contributed by atoms with van der Waals surface area (Å²) < 4.78 is 2.02. The summed E-state index contributed by atoms with van der Waals surface area (Å²) in [6, 6.07) is 0. The third kappa shape index (κ3) is 6.89. The molecule has 0 bridgehead atoms. The largest absolute Gasteiger partial charge is 0.367 e. The van der Waals surface area contributed by atoms with Crippen LogP contribution in [0.4, 0.5) is 5.82 Å². The summed E-state index contributed by atoms with van der Waals surface area (Å²) in [5, 5.41) is 3.59. The monoisotopic (exact) mass is 457 g/mol. The van der Waals surface area contributed by atoms with Gasteiger partial charge in [-0.25, -0.2) is 9.97 Å². The van der Waals surface area contributed by atoms with Crippen LogP contribution in [0, 0.1) is 5.92 Å². The van der Waals surface area contributed by atoms with Crippen molar-refractivity contribution in [2.24, 2.45) is 10.9 Å². The van der Waals surface area contributed by atoms with E-state index in [0.717, 1.165) is 46.3 Å². The minimum atomic E-state index is 0.804. The molecule has 180 valence electrons. The van der Waals surface area contributed by atoms with Crippen LogP contribution >= 0.6 is 0 Å². The molecule has 5 heteroatoms. The zero-order chi connectivity index (χ0) is 24.2. The van der Waals surface area contributed by atoms with Gasteiger partial charge in [-0.05, 0) is 31.8 Å². The molecule has 1 fully saturated rings. The molecule has 1 N–H and O–H groups in total. The lowest BCUT2D eigenvalue weighted by molar-refractivity contribution is 0.365. The van der Waals surface area contributed by atoms with Crippen LogP contribution in [0.25, 0.3) is 11.2 Å². The van der Waals surface area contributed by atoms with Crippen LogP contribution in [0.15, 0.2) is 78.4 Å². The van der Waals surface area contributed by atoms with Crippen LogP contribution in [-0.2, 0) is 0 Å². The first-order valence-corrected chi connectivity index (χ1v) is 12.6. The lowest BCUT2D eigenvalue weighted by Crippen LogP contribution is -2.13. The van der Waals surface area contributed by atoms with Gasteiger partial charge in [-0.3, -0.25) is 4.99 Å². The number of nitrogens with one attached hydrogen (secondary N) is 1. The van der Waals surface area contributed by atoms with E-state index in [1.807, 2.05) is 61.1 Å². The van der Waals surface area contributed by atoms with E-state index < -0.39 is 0 Å². The molecule has 5 nitrogen and oxygen atoms in total. The Morgan fingerprint density at radius 2 is 1.88 bits per heavy atom. The predicted molar refractivity (Wildman–Crippen MR) is 146 cm³/mol. The fourth-order valence-corrected chi connectivity index (χ4v) is 4.61. The van der Waals surface area contributed by atoms with E-state index >= 15 is 0 Å². The third-order valence-corrected chi connectivity index (χ3v) is 6.39. The van der Waals surface area contributed by atoms with E-state index in [4.69, 9.17) is 4.98 Å². The van der Waals surface area contributed by atoms with E-state index in [9.17, 15) is 0 Å². The number of hydrogen-bond acceptors (Lipinski definition) is 4. The molecule has 34 heavy (non-hydrogen) atoms. The Hall–Kier alpha value is -3.21. The average molecular weight is 458 g/mol. The molecule has 0 aromatic carbocycles. The number of aliphatic imine (C=N–C) groups is 1. The lowest BCUT2D eigenvalue weighted by Gasteiger charge is -2.20. The second-order valence-electron chi connectivity index (χ2n) is 8.87. The lowest BCUT2D eigenvalue weighted by atomic mass is 9.89. The summed E-state index contributed by atoms with van der Waals surface area (Å²) in [7, 11) is 0. The molecule has 0 radical (unpaired) electrons. The normalized spacial score (nSPS) is 16.8. The molecule has 0 aliphatic heterocycles. The third-order valence-electron chi connectivity index (χ3n) is 6.39. The van der Waals surface area contributed by atoms with Gasteiger partial charge in [-0.2, -0.15) is 0 Å². The number of nitrogens with zero attached hydrogens (tertiary/aromatic N) is 4. The minimum absolute atomic E-state index is 0.804. The number of allylic oxidation sites excluding steroid dienone is 7. The predicted octanol–water partition coefficient (Wildman–Crippen LogP) is 7.57. The van der Waals surface area contributed by atoms with Gasteiger partial charge in [0, 0.05) is 48.7 Å². The Balaban J connectivity index is 1.87. The number of anilines is 1. The van der Waals surface area contributed by atoms with Gasteiger partial charge in [0.15, 0.2) is 11.5 Å². The fraction of sp³-hybridized carbons (Fsp3) is 0.414. The van der Waals surface area contributed by atoms with Crippen LogP contribution < -0.4 is 5.32 Å². The molecular formula is C29H39N5. The molecule has 0 amide bonds. The minimum Gasteiger partial charge on any atom is -0.367 e. The van der Waals surface area contributed by atoms with Crippen molar-refractivity contribution < 1.29 is 0 Å². The standard InChI is InChI=1S/C29H39N5/c1-5-13-25(21-30-7-3)26(14-6-2)23(4)27-22-34-20-19-32-29(34)28(33-27)31-18-17-24-15-11-9-8-10-12-16-24/h5-7,13-14,19-22,24H,3-4,8-12,15-18H2,1-2H3,(H,31,33)/b13-5-,14-6-,26-25-,30-21?. The zero-order valence-electron chi connectivity index (χ0n) is 20.8. The molecular weight excluding hydrogens is 418 g/mol. The van der Waals surface area contributed by atoms with Gasteiger partial charge >= 0.3 is 0 Å². The van der Waals surface area contributed by atoms with Crippen molar-refractivity contribution in [2.45, 2.75) is 65.2 Å². The molecule has 0 saturated heterocycles.